The zero-order valence-corrected chi connectivity index (χ0v) is 18.2. The van der Waals surface area contributed by atoms with Gasteiger partial charge in [0.1, 0.15) is 16.8 Å². The average molecular weight is 431 g/mol. The molecule has 0 aromatic carbocycles. The molecular weight excluding hydrogens is 402 g/mol. The first-order valence-electron chi connectivity index (χ1n) is 10.7. The number of aromatic amines is 1. The van der Waals surface area contributed by atoms with Gasteiger partial charge in [-0.2, -0.15) is 5.10 Å². The maximum absolute atomic E-state index is 12.9. The monoisotopic (exact) mass is 431 g/mol. The van der Waals surface area contributed by atoms with Gasteiger partial charge in [-0.3, -0.25) is 9.59 Å². The first-order valence-corrected chi connectivity index (χ1v) is 10.7. The van der Waals surface area contributed by atoms with Gasteiger partial charge >= 0.3 is 6.09 Å². The number of carbonyl (C=O) groups excluding carboxylic acids is 2. The highest BCUT2D eigenvalue weighted by Gasteiger charge is 2.30. The zero-order valence-electron chi connectivity index (χ0n) is 18.2. The van der Waals surface area contributed by atoms with E-state index in [1.54, 1.807) is 14.3 Å². The fraction of sp³-hybridized carbons (Fsp3) is 0.619. The van der Waals surface area contributed by atoms with Crippen molar-refractivity contribution in [3.8, 4) is 0 Å². The molecule has 2 aromatic heterocycles. The van der Waals surface area contributed by atoms with E-state index in [-0.39, 0.29) is 23.5 Å². The standard InChI is InChI=1S/C21H29N5O5/c1-21(2,3)31-20(29)25-6-4-14(5-7-25)16-12-17(27)23-18-15(13-22-26(16)18)19(28)24-8-10-30-11-9-24/h12-14H,4-11H2,1-3H3,(H,23,27). The second-order valence-corrected chi connectivity index (χ2v) is 9.02. The number of piperidine rings is 1. The lowest BCUT2D eigenvalue weighted by Crippen LogP contribution is -2.41. The highest BCUT2D eigenvalue weighted by atomic mass is 16.6. The van der Waals surface area contributed by atoms with Crippen LogP contribution in [0.4, 0.5) is 4.79 Å². The van der Waals surface area contributed by atoms with E-state index >= 15 is 0 Å². The molecule has 31 heavy (non-hydrogen) atoms. The van der Waals surface area contributed by atoms with Gasteiger partial charge in [0.25, 0.3) is 11.5 Å². The molecule has 0 radical (unpaired) electrons. The van der Waals surface area contributed by atoms with Gasteiger partial charge < -0.3 is 24.3 Å². The zero-order chi connectivity index (χ0) is 22.2. The molecule has 4 heterocycles. The van der Waals surface area contributed by atoms with Gasteiger partial charge in [0.15, 0.2) is 0 Å². The van der Waals surface area contributed by atoms with Crippen molar-refractivity contribution in [3.05, 3.63) is 33.9 Å². The van der Waals surface area contributed by atoms with Gasteiger partial charge in [-0.1, -0.05) is 0 Å². The summed E-state index contributed by atoms with van der Waals surface area (Å²) >= 11 is 0. The van der Waals surface area contributed by atoms with Crippen LogP contribution in [0.25, 0.3) is 5.65 Å². The fourth-order valence-electron chi connectivity index (χ4n) is 4.08. The van der Waals surface area contributed by atoms with E-state index in [9.17, 15) is 14.4 Å². The Bertz CT molecular complexity index is 1020. The summed E-state index contributed by atoms with van der Waals surface area (Å²) in [6, 6.07) is 1.54. The molecule has 2 fully saturated rings. The first kappa shape index (κ1) is 21.4. The van der Waals surface area contributed by atoms with Gasteiger partial charge in [0.05, 0.1) is 25.1 Å². The van der Waals surface area contributed by atoms with Crippen LogP contribution in [0.1, 0.15) is 55.6 Å². The van der Waals surface area contributed by atoms with Crippen LogP contribution >= 0.6 is 0 Å². The molecule has 0 aliphatic carbocycles. The van der Waals surface area contributed by atoms with Crippen molar-refractivity contribution in [2.24, 2.45) is 0 Å². The predicted octanol–water partition coefficient (Wildman–Crippen LogP) is 1.61. The van der Waals surface area contributed by atoms with E-state index in [4.69, 9.17) is 9.47 Å². The fourth-order valence-corrected chi connectivity index (χ4v) is 4.08. The van der Waals surface area contributed by atoms with Gasteiger partial charge in [-0.05, 0) is 33.6 Å². The molecule has 10 heteroatoms. The third-order valence-corrected chi connectivity index (χ3v) is 5.63. The molecule has 2 aliphatic rings. The van der Waals surface area contributed by atoms with Crippen LogP contribution in [-0.2, 0) is 9.47 Å². The summed E-state index contributed by atoms with van der Waals surface area (Å²) in [5.41, 5.74) is 0.739. The Balaban J connectivity index is 1.54. The third kappa shape index (κ3) is 4.58. The highest BCUT2D eigenvalue weighted by molar-refractivity contribution is 5.99. The molecule has 0 bridgehead atoms. The largest absolute Gasteiger partial charge is 0.444 e. The number of likely N-dealkylation sites (tertiary alicyclic amines) is 1. The Morgan fingerprint density at radius 1 is 1.13 bits per heavy atom. The summed E-state index contributed by atoms with van der Waals surface area (Å²) in [4.78, 5) is 43.9. The molecule has 0 saturated carbocycles. The summed E-state index contributed by atoms with van der Waals surface area (Å²) < 4.78 is 12.4. The molecule has 2 amide bonds. The number of carbonyl (C=O) groups is 2. The smallest absolute Gasteiger partial charge is 0.410 e. The lowest BCUT2D eigenvalue weighted by atomic mass is 9.93. The van der Waals surface area contributed by atoms with Gasteiger partial charge in [-0.15, -0.1) is 0 Å². The number of nitrogens with one attached hydrogen (secondary N) is 1. The maximum Gasteiger partial charge on any atom is 0.410 e. The number of nitrogens with zero attached hydrogens (tertiary/aromatic N) is 4. The van der Waals surface area contributed by atoms with Crippen molar-refractivity contribution in [2.45, 2.75) is 45.1 Å². The van der Waals surface area contributed by atoms with Crippen LogP contribution in [0.2, 0.25) is 0 Å². The second-order valence-electron chi connectivity index (χ2n) is 9.02. The summed E-state index contributed by atoms with van der Waals surface area (Å²) in [6.07, 6.45) is 2.57. The third-order valence-electron chi connectivity index (χ3n) is 5.63. The summed E-state index contributed by atoms with van der Waals surface area (Å²) in [5.74, 6) is -0.111. The molecule has 2 aromatic rings. The SMILES string of the molecule is CC(C)(C)OC(=O)N1CCC(c2cc(=O)[nH]c3c(C(=O)N4CCOCC4)cnn23)CC1. The summed E-state index contributed by atoms with van der Waals surface area (Å²) in [5, 5.41) is 4.42. The molecule has 0 atom stereocenters. The lowest BCUT2D eigenvalue weighted by Gasteiger charge is -2.33. The van der Waals surface area contributed by atoms with E-state index in [0.29, 0.717) is 63.4 Å². The van der Waals surface area contributed by atoms with Crippen molar-refractivity contribution >= 4 is 17.6 Å². The lowest BCUT2D eigenvalue weighted by molar-refractivity contribution is 0.0203. The van der Waals surface area contributed by atoms with E-state index in [1.807, 2.05) is 20.8 Å². The minimum Gasteiger partial charge on any atom is -0.444 e. The van der Waals surface area contributed by atoms with Crippen molar-refractivity contribution in [2.75, 3.05) is 39.4 Å². The summed E-state index contributed by atoms with van der Waals surface area (Å²) in [7, 11) is 0. The predicted molar refractivity (Wildman–Crippen MR) is 112 cm³/mol. The Morgan fingerprint density at radius 2 is 1.81 bits per heavy atom. The molecule has 0 unspecified atom stereocenters. The number of morpholine rings is 1. The first-order chi connectivity index (χ1) is 14.7. The van der Waals surface area contributed by atoms with Crippen molar-refractivity contribution < 1.29 is 19.1 Å². The van der Waals surface area contributed by atoms with Crippen LogP contribution in [0.3, 0.4) is 0 Å². The number of hydrogen-bond donors (Lipinski definition) is 1. The van der Waals surface area contributed by atoms with E-state index in [2.05, 4.69) is 10.1 Å². The molecule has 10 nitrogen and oxygen atoms in total. The molecule has 4 rings (SSSR count). The van der Waals surface area contributed by atoms with Crippen LogP contribution in [0, 0.1) is 0 Å². The number of H-pyrrole nitrogens is 1. The maximum atomic E-state index is 12.9. The van der Waals surface area contributed by atoms with Crippen molar-refractivity contribution in [3.63, 3.8) is 0 Å². The minimum atomic E-state index is -0.536. The van der Waals surface area contributed by atoms with Gasteiger partial charge in [-0.25, -0.2) is 9.31 Å². The molecule has 168 valence electrons. The minimum absolute atomic E-state index is 0.0507. The van der Waals surface area contributed by atoms with Gasteiger partial charge in [0, 0.05) is 38.2 Å². The Morgan fingerprint density at radius 3 is 2.45 bits per heavy atom. The number of hydrogen-bond acceptors (Lipinski definition) is 6. The van der Waals surface area contributed by atoms with Crippen LogP contribution < -0.4 is 5.56 Å². The summed E-state index contributed by atoms with van der Waals surface area (Å²) in [6.45, 7) is 8.65. The second kappa shape index (κ2) is 8.33. The van der Waals surface area contributed by atoms with Crippen molar-refractivity contribution in [1.29, 1.82) is 0 Å². The average Bonchev–Trinajstić information content (AvgIpc) is 3.16. The quantitative estimate of drug-likeness (QED) is 0.774. The van der Waals surface area contributed by atoms with E-state index in [1.165, 1.54) is 12.3 Å². The van der Waals surface area contributed by atoms with Crippen LogP contribution in [0.15, 0.2) is 17.1 Å². The van der Waals surface area contributed by atoms with Crippen molar-refractivity contribution in [1.82, 2.24) is 24.4 Å². The molecular formula is C21H29N5O5. The highest BCUT2D eigenvalue weighted by Crippen LogP contribution is 2.29. The Kier molecular flexibility index (Phi) is 5.74. The normalized spacial score (nSPS) is 18.4. The van der Waals surface area contributed by atoms with Gasteiger partial charge in [0.2, 0.25) is 0 Å². The van der Waals surface area contributed by atoms with E-state index < -0.39 is 5.60 Å². The number of fused-ring (bicyclic) bond motifs is 1. The topological polar surface area (TPSA) is 109 Å². The number of amides is 2. The molecule has 2 saturated heterocycles. The van der Waals surface area contributed by atoms with E-state index in [0.717, 1.165) is 5.69 Å². The molecule has 1 N–H and O–H groups in total. The number of ether oxygens (including phenoxy) is 2. The van der Waals surface area contributed by atoms with Crippen LogP contribution in [-0.4, -0.2) is 81.4 Å². The Labute approximate surface area is 180 Å². The number of rotatable bonds is 2. The number of aromatic nitrogens is 3. The molecule has 0 spiro atoms. The van der Waals surface area contributed by atoms with Crippen LogP contribution in [0.5, 0.6) is 0 Å². The molecule has 2 aliphatic heterocycles. The Hall–Kier alpha value is -2.88.